The van der Waals surface area contributed by atoms with Crippen LogP contribution in [0.3, 0.4) is 0 Å². The second-order valence-electron chi connectivity index (χ2n) is 5.11. The van der Waals surface area contributed by atoms with Crippen molar-refractivity contribution < 1.29 is 9.53 Å². The standard InChI is InChI=1S/C17H18N4O2/c1-3-23-15(22)11-19-17-16(13-6-4-5-8-18-13)20-14-10-12(2)7-9-21(14)17/h4-10,19H,3,11H2,1-2H3. The molecule has 3 aromatic rings. The van der Waals surface area contributed by atoms with E-state index in [-0.39, 0.29) is 12.5 Å². The van der Waals surface area contributed by atoms with Gasteiger partial charge in [0, 0.05) is 12.4 Å². The largest absolute Gasteiger partial charge is 0.465 e. The summed E-state index contributed by atoms with van der Waals surface area (Å²) >= 11 is 0. The number of carbonyl (C=O) groups excluding carboxylic acids is 1. The van der Waals surface area contributed by atoms with Crippen LogP contribution in [0.15, 0.2) is 42.7 Å². The minimum atomic E-state index is -0.304. The molecule has 0 unspecified atom stereocenters. The van der Waals surface area contributed by atoms with E-state index in [4.69, 9.17) is 4.74 Å². The van der Waals surface area contributed by atoms with Crippen LogP contribution in [0.5, 0.6) is 0 Å². The van der Waals surface area contributed by atoms with E-state index in [0.717, 1.165) is 22.7 Å². The summed E-state index contributed by atoms with van der Waals surface area (Å²) in [5, 5.41) is 3.12. The average Bonchev–Trinajstić information content (AvgIpc) is 2.91. The SMILES string of the molecule is CCOC(=O)CNc1c(-c2ccccn2)nc2cc(C)ccn12. The molecule has 3 heterocycles. The van der Waals surface area contributed by atoms with Crippen molar-refractivity contribution in [1.29, 1.82) is 0 Å². The van der Waals surface area contributed by atoms with E-state index in [2.05, 4.69) is 15.3 Å². The Morgan fingerprint density at radius 1 is 1.35 bits per heavy atom. The molecule has 0 saturated heterocycles. The second kappa shape index (κ2) is 6.48. The molecule has 0 amide bonds. The molecular weight excluding hydrogens is 292 g/mol. The van der Waals surface area contributed by atoms with E-state index in [0.29, 0.717) is 12.3 Å². The van der Waals surface area contributed by atoms with Gasteiger partial charge in [-0.1, -0.05) is 6.07 Å². The molecule has 0 saturated carbocycles. The lowest BCUT2D eigenvalue weighted by atomic mass is 10.2. The highest BCUT2D eigenvalue weighted by atomic mass is 16.5. The quantitative estimate of drug-likeness (QED) is 0.734. The van der Waals surface area contributed by atoms with Gasteiger partial charge in [-0.2, -0.15) is 0 Å². The van der Waals surface area contributed by atoms with Crippen LogP contribution in [-0.2, 0) is 9.53 Å². The molecule has 23 heavy (non-hydrogen) atoms. The molecular formula is C17H18N4O2. The molecule has 0 fully saturated rings. The first-order valence-electron chi connectivity index (χ1n) is 7.48. The number of esters is 1. The number of imidazole rings is 1. The fourth-order valence-electron chi connectivity index (χ4n) is 2.36. The van der Waals surface area contributed by atoms with Crippen molar-refractivity contribution in [2.24, 2.45) is 0 Å². The Balaban J connectivity index is 2.03. The highest BCUT2D eigenvalue weighted by molar-refractivity contribution is 5.79. The number of nitrogens with zero attached hydrogens (tertiary/aromatic N) is 3. The van der Waals surface area contributed by atoms with Gasteiger partial charge in [-0.3, -0.25) is 14.2 Å². The Morgan fingerprint density at radius 3 is 2.96 bits per heavy atom. The molecule has 1 N–H and O–H groups in total. The van der Waals surface area contributed by atoms with Crippen molar-refractivity contribution in [1.82, 2.24) is 14.4 Å². The van der Waals surface area contributed by atoms with Crippen LogP contribution in [0.4, 0.5) is 5.82 Å². The fourth-order valence-corrected chi connectivity index (χ4v) is 2.36. The number of aryl methyl sites for hydroxylation is 1. The summed E-state index contributed by atoms with van der Waals surface area (Å²) in [7, 11) is 0. The third-order valence-corrected chi connectivity index (χ3v) is 3.39. The Bertz CT molecular complexity index is 827. The number of hydrogen-bond acceptors (Lipinski definition) is 5. The number of nitrogens with one attached hydrogen (secondary N) is 1. The van der Waals surface area contributed by atoms with Gasteiger partial charge in [0.2, 0.25) is 0 Å². The molecule has 0 radical (unpaired) electrons. The number of hydrogen-bond donors (Lipinski definition) is 1. The molecule has 0 atom stereocenters. The third-order valence-electron chi connectivity index (χ3n) is 3.39. The lowest BCUT2D eigenvalue weighted by Gasteiger charge is -2.08. The number of carbonyl (C=O) groups is 1. The third kappa shape index (κ3) is 3.15. The van der Waals surface area contributed by atoms with Crippen LogP contribution in [-0.4, -0.2) is 33.5 Å². The zero-order valence-corrected chi connectivity index (χ0v) is 13.1. The number of fused-ring (bicyclic) bond motifs is 1. The van der Waals surface area contributed by atoms with E-state index in [1.54, 1.807) is 13.1 Å². The summed E-state index contributed by atoms with van der Waals surface area (Å²) in [6.07, 6.45) is 3.65. The van der Waals surface area contributed by atoms with Gasteiger partial charge in [0.15, 0.2) is 0 Å². The predicted octanol–water partition coefficient (Wildman–Crippen LogP) is 2.68. The van der Waals surface area contributed by atoms with E-state index in [1.807, 2.05) is 47.9 Å². The van der Waals surface area contributed by atoms with Crippen LogP contribution in [0.25, 0.3) is 17.0 Å². The van der Waals surface area contributed by atoms with E-state index in [9.17, 15) is 4.79 Å². The van der Waals surface area contributed by atoms with Gasteiger partial charge < -0.3 is 10.1 Å². The molecule has 6 heteroatoms. The first-order chi connectivity index (χ1) is 11.2. The Hall–Kier alpha value is -2.89. The predicted molar refractivity (Wildman–Crippen MR) is 88.3 cm³/mol. The smallest absolute Gasteiger partial charge is 0.325 e. The molecule has 0 spiro atoms. The number of anilines is 1. The van der Waals surface area contributed by atoms with Crippen LogP contribution < -0.4 is 5.32 Å². The first-order valence-corrected chi connectivity index (χ1v) is 7.48. The van der Waals surface area contributed by atoms with Crippen molar-refractivity contribution in [3.05, 3.63) is 48.3 Å². The first kappa shape index (κ1) is 15.0. The molecule has 6 nitrogen and oxygen atoms in total. The van der Waals surface area contributed by atoms with Gasteiger partial charge >= 0.3 is 5.97 Å². The number of ether oxygens (including phenoxy) is 1. The summed E-state index contributed by atoms with van der Waals surface area (Å²) in [6.45, 7) is 4.24. The molecule has 118 valence electrons. The second-order valence-corrected chi connectivity index (χ2v) is 5.11. The van der Waals surface area contributed by atoms with Crippen molar-refractivity contribution in [2.45, 2.75) is 13.8 Å². The number of rotatable bonds is 5. The van der Waals surface area contributed by atoms with E-state index >= 15 is 0 Å². The summed E-state index contributed by atoms with van der Waals surface area (Å²) in [4.78, 5) is 20.7. The van der Waals surface area contributed by atoms with Crippen molar-refractivity contribution in [3.63, 3.8) is 0 Å². The van der Waals surface area contributed by atoms with Crippen LogP contribution in [0.1, 0.15) is 12.5 Å². The zero-order valence-electron chi connectivity index (χ0n) is 13.1. The summed E-state index contributed by atoms with van der Waals surface area (Å²) < 4.78 is 6.88. The minimum Gasteiger partial charge on any atom is -0.465 e. The molecule has 0 aliphatic carbocycles. The zero-order chi connectivity index (χ0) is 16.2. The average molecular weight is 310 g/mol. The lowest BCUT2D eigenvalue weighted by Crippen LogP contribution is -2.18. The molecule has 3 rings (SSSR count). The fraction of sp³-hybridized carbons (Fsp3) is 0.235. The van der Waals surface area contributed by atoms with Crippen molar-refractivity contribution in [2.75, 3.05) is 18.5 Å². The van der Waals surface area contributed by atoms with Crippen LogP contribution >= 0.6 is 0 Å². The molecule has 0 aromatic carbocycles. The maximum atomic E-state index is 11.6. The molecule has 3 aromatic heterocycles. The maximum Gasteiger partial charge on any atom is 0.325 e. The van der Waals surface area contributed by atoms with Gasteiger partial charge in [-0.05, 0) is 43.7 Å². The number of aromatic nitrogens is 3. The van der Waals surface area contributed by atoms with Crippen LogP contribution in [0.2, 0.25) is 0 Å². The lowest BCUT2D eigenvalue weighted by molar-refractivity contribution is -0.140. The van der Waals surface area contributed by atoms with Gasteiger partial charge in [0.25, 0.3) is 0 Å². The maximum absolute atomic E-state index is 11.6. The molecule has 0 aliphatic heterocycles. The van der Waals surface area contributed by atoms with Gasteiger partial charge in [-0.25, -0.2) is 4.98 Å². The highest BCUT2D eigenvalue weighted by Gasteiger charge is 2.16. The van der Waals surface area contributed by atoms with Gasteiger partial charge in [-0.15, -0.1) is 0 Å². The van der Waals surface area contributed by atoms with Crippen LogP contribution in [0, 0.1) is 6.92 Å². The van der Waals surface area contributed by atoms with E-state index < -0.39 is 0 Å². The Kier molecular flexibility index (Phi) is 4.23. The summed E-state index contributed by atoms with van der Waals surface area (Å²) in [5.41, 5.74) is 3.38. The molecule has 0 aliphatic rings. The van der Waals surface area contributed by atoms with Crippen molar-refractivity contribution >= 4 is 17.4 Å². The normalized spacial score (nSPS) is 10.7. The van der Waals surface area contributed by atoms with Gasteiger partial charge in [0.05, 0.1) is 12.3 Å². The molecule has 0 bridgehead atoms. The van der Waals surface area contributed by atoms with Gasteiger partial charge in [0.1, 0.15) is 23.7 Å². The summed E-state index contributed by atoms with van der Waals surface area (Å²) in [6, 6.07) is 9.64. The Labute approximate surface area is 134 Å². The van der Waals surface area contributed by atoms with E-state index in [1.165, 1.54) is 0 Å². The topological polar surface area (TPSA) is 68.5 Å². The minimum absolute atomic E-state index is 0.0787. The summed E-state index contributed by atoms with van der Waals surface area (Å²) in [5.74, 6) is 0.424. The number of pyridine rings is 2. The van der Waals surface area contributed by atoms with Crippen molar-refractivity contribution in [3.8, 4) is 11.4 Å². The Morgan fingerprint density at radius 2 is 2.22 bits per heavy atom. The monoisotopic (exact) mass is 310 g/mol. The highest BCUT2D eigenvalue weighted by Crippen LogP contribution is 2.27.